The Labute approximate surface area is 161 Å². The van der Waals surface area contributed by atoms with E-state index in [4.69, 9.17) is 9.84 Å². The second kappa shape index (κ2) is 11.5. The van der Waals surface area contributed by atoms with Crippen LogP contribution < -0.4 is 10.6 Å². The van der Waals surface area contributed by atoms with Gasteiger partial charge in [0.25, 0.3) is 0 Å². The van der Waals surface area contributed by atoms with Crippen molar-refractivity contribution >= 4 is 23.9 Å². The van der Waals surface area contributed by atoms with E-state index in [-0.39, 0.29) is 13.2 Å². The Morgan fingerprint density at radius 3 is 2.25 bits per heavy atom. The molecule has 0 fully saturated rings. The number of carbonyl (C=O) groups is 4. The molecule has 10 heteroatoms. The molecule has 10 nitrogen and oxygen atoms in total. The number of esters is 1. The first kappa shape index (κ1) is 22.9. The second-order valence-corrected chi connectivity index (χ2v) is 5.83. The highest BCUT2D eigenvalue weighted by atomic mass is 16.5. The lowest BCUT2D eigenvalue weighted by Gasteiger charge is -2.22. The van der Waals surface area contributed by atoms with Crippen LogP contribution in [-0.4, -0.2) is 58.9 Å². The molecule has 0 aliphatic rings. The maximum absolute atomic E-state index is 12.3. The van der Waals surface area contributed by atoms with Crippen molar-refractivity contribution in [2.24, 2.45) is 0 Å². The van der Waals surface area contributed by atoms with E-state index < -0.39 is 48.5 Å². The monoisotopic (exact) mass is 396 g/mol. The number of hydrogen-bond donors (Lipinski definition) is 4. The molecule has 1 rings (SSSR count). The highest BCUT2D eigenvalue weighted by Gasteiger charge is 2.31. The maximum Gasteiger partial charge on any atom is 0.408 e. The summed E-state index contributed by atoms with van der Waals surface area (Å²) in [5.41, 5.74) is 0.719. The molecule has 1 aromatic rings. The summed E-state index contributed by atoms with van der Waals surface area (Å²) >= 11 is 0. The molecule has 1 aromatic carbocycles. The van der Waals surface area contributed by atoms with Crippen LogP contribution in [0, 0.1) is 0 Å². The molecule has 4 N–H and O–H groups in total. The number of aliphatic hydroxyl groups excluding tert-OH is 1. The predicted octanol–water partition coefficient (Wildman–Crippen LogP) is 0.185. The van der Waals surface area contributed by atoms with Gasteiger partial charge >= 0.3 is 18.0 Å². The molecule has 0 unspecified atom stereocenters. The lowest BCUT2D eigenvalue weighted by Crippen LogP contribution is -2.56. The van der Waals surface area contributed by atoms with Gasteiger partial charge in [-0.2, -0.15) is 0 Å². The topological polar surface area (TPSA) is 151 Å². The number of hydrogen-bond acceptors (Lipinski definition) is 7. The molecule has 154 valence electrons. The molecule has 0 bridgehead atoms. The van der Waals surface area contributed by atoms with E-state index in [0.29, 0.717) is 0 Å². The molecular formula is C18H24N2O8. The normalized spacial score (nSPS) is 13.5. The number of rotatable bonds is 10. The van der Waals surface area contributed by atoms with Crippen molar-refractivity contribution in [1.82, 2.24) is 10.6 Å². The molecule has 28 heavy (non-hydrogen) atoms. The summed E-state index contributed by atoms with van der Waals surface area (Å²) in [7, 11) is 0. The van der Waals surface area contributed by atoms with Crippen LogP contribution in [-0.2, 0) is 30.5 Å². The molecule has 3 atom stereocenters. The standard InChI is InChI=1S/C18H24N2O8/c1-3-27-14(22)9-13(17(24)25)19-16(23)15(11(2)21)20-18(26)28-10-12-7-5-4-6-8-12/h4-8,11,13,15,21H,3,9-10H2,1-2H3,(H,19,23)(H,20,26)(H,24,25)/t11-,13-,15+/m1/s1. The summed E-state index contributed by atoms with van der Waals surface area (Å²) in [6.07, 6.45) is -2.91. The SMILES string of the molecule is CCOC(=O)C[C@@H](NC(=O)[C@@H](NC(=O)OCc1ccccc1)[C@@H](C)O)C(=O)O. The maximum atomic E-state index is 12.3. The molecule has 0 heterocycles. The Morgan fingerprint density at radius 2 is 1.71 bits per heavy atom. The van der Waals surface area contributed by atoms with Gasteiger partial charge in [0.15, 0.2) is 0 Å². The quantitative estimate of drug-likeness (QED) is 0.409. The fourth-order valence-corrected chi connectivity index (χ4v) is 2.15. The molecule has 0 aliphatic carbocycles. The highest BCUT2D eigenvalue weighted by molar-refractivity contribution is 5.91. The van der Waals surface area contributed by atoms with E-state index in [1.54, 1.807) is 37.3 Å². The van der Waals surface area contributed by atoms with Crippen molar-refractivity contribution in [3.05, 3.63) is 35.9 Å². The molecule has 0 aliphatic heterocycles. The van der Waals surface area contributed by atoms with Crippen LogP contribution in [0.5, 0.6) is 0 Å². The zero-order chi connectivity index (χ0) is 21.1. The van der Waals surface area contributed by atoms with Gasteiger partial charge in [0.1, 0.15) is 18.7 Å². The van der Waals surface area contributed by atoms with Crippen molar-refractivity contribution < 1.29 is 38.9 Å². The number of aliphatic hydroxyl groups is 1. The number of carboxylic acids is 1. The van der Waals surface area contributed by atoms with Crippen LogP contribution in [0.15, 0.2) is 30.3 Å². The van der Waals surface area contributed by atoms with Crippen LogP contribution in [0.2, 0.25) is 0 Å². The van der Waals surface area contributed by atoms with Gasteiger partial charge in [0.2, 0.25) is 5.91 Å². The van der Waals surface area contributed by atoms with Gasteiger partial charge in [-0.3, -0.25) is 9.59 Å². The zero-order valence-corrected chi connectivity index (χ0v) is 15.6. The third kappa shape index (κ3) is 8.04. The lowest BCUT2D eigenvalue weighted by atomic mass is 10.1. The highest BCUT2D eigenvalue weighted by Crippen LogP contribution is 2.03. The summed E-state index contributed by atoms with van der Waals surface area (Å²) in [5.74, 6) is -3.25. The number of alkyl carbamates (subject to hydrolysis) is 1. The van der Waals surface area contributed by atoms with Gasteiger partial charge in [-0.05, 0) is 19.4 Å². The largest absolute Gasteiger partial charge is 0.480 e. The van der Waals surface area contributed by atoms with Crippen molar-refractivity contribution in [3.63, 3.8) is 0 Å². The average molecular weight is 396 g/mol. The number of amides is 2. The van der Waals surface area contributed by atoms with Crippen LogP contribution >= 0.6 is 0 Å². The number of carbonyl (C=O) groups excluding carboxylic acids is 3. The van der Waals surface area contributed by atoms with Gasteiger partial charge in [-0.25, -0.2) is 9.59 Å². The summed E-state index contributed by atoms with van der Waals surface area (Å²) in [6, 6.07) is 5.74. The molecule has 0 aromatic heterocycles. The molecule has 2 amide bonds. The van der Waals surface area contributed by atoms with Gasteiger partial charge < -0.3 is 30.3 Å². The third-order valence-corrected chi connectivity index (χ3v) is 3.54. The van der Waals surface area contributed by atoms with Crippen LogP contribution in [0.25, 0.3) is 0 Å². The van der Waals surface area contributed by atoms with Crippen LogP contribution in [0.3, 0.4) is 0 Å². The van der Waals surface area contributed by atoms with E-state index in [0.717, 1.165) is 5.56 Å². The van der Waals surface area contributed by atoms with E-state index in [1.807, 2.05) is 0 Å². The average Bonchev–Trinajstić information content (AvgIpc) is 2.64. The zero-order valence-electron chi connectivity index (χ0n) is 15.6. The van der Waals surface area contributed by atoms with Gasteiger partial charge in [-0.1, -0.05) is 30.3 Å². The first-order valence-corrected chi connectivity index (χ1v) is 8.58. The number of nitrogens with one attached hydrogen (secondary N) is 2. The van der Waals surface area contributed by atoms with Crippen LogP contribution in [0.1, 0.15) is 25.8 Å². The lowest BCUT2D eigenvalue weighted by molar-refractivity contribution is -0.150. The molecular weight excluding hydrogens is 372 g/mol. The fourth-order valence-electron chi connectivity index (χ4n) is 2.15. The summed E-state index contributed by atoms with van der Waals surface area (Å²) in [6.45, 7) is 2.80. The first-order valence-electron chi connectivity index (χ1n) is 8.58. The Morgan fingerprint density at radius 1 is 1.07 bits per heavy atom. The minimum absolute atomic E-state index is 0.0541. The van der Waals surface area contributed by atoms with E-state index in [9.17, 15) is 24.3 Å². The minimum Gasteiger partial charge on any atom is -0.480 e. The second-order valence-electron chi connectivity index (χ2n) is 5.83. The van der Waals surface area contributed by atoms with E-state index >= 15 is 0 Å². The third-order valence-electron chi connectivity index (χ3n) is 3.54. The van der Waals surface area contributed by atoms with Gasteiger partial charge in [0, 0.05) is 0 Å². The molecule has 0 spiro atoms. The number of aliphatic carboxylic acids is 1. The minimum atomic E-state index is -1.57. The van der Waals surface area contributed by atoms with Crippen molar-refractivity contribution in [2.75, 3.05) is 6.61 Å². The van der Waals surface area contributed by atoms with Crippen molar-refractivity contribution in [1.29, 1.82) is 0 Å². The van der Waals surface area contributed by atoms with Crippen molar-refractivity contribution in [3.8, 4) is 0 Å². The number of ether oxygens (including phenoxy) is 2. The van der Waals surface area contributed by atoms with E-state index in [1.165, 1.54) is 6.92 Å². The number of carboxylic acid groups (broad SMARTS) is 1. The van der Waals surface area contributed by atoms with Gasteiger partial charge in [0.05, 0.1) is 19.1 Å². The number of benzene rings is 1. The fraction of sp³-hybridized carbons (Fsp3) is 0.444. The smallest absolute Gasteiger partial charge is 0.408 e. The molecule has 0 saturated heterocycles. The first-order chi connectivity index (χ1) is 13.2. The predicted molar refractivity (Wildman–Crippen MR) is 96.0 cm³/mol. The van der Waals surface area contributed by atoms with Gasteiger partial charge in [-0.15, -0.1) is 0 Å². The summed E-state index contributed by atoms with van der Waals surface area (Å²) in [4.78, 5) is 46.9. The van der Waals surface area contributed by atoms with E-state index in [2.05, 4.69) is 15.4 Å². The van der Waals surface area contributed by atoms with Crippen molar-refractivity contribution in [2.45, 2.75) is 45.1 Å². The molecule has 0 radical (unpaired) electrons. The Hall–Kier alpha value is -3.14. The molecule has 0 saturated carbocycles. The summed E-state index contributed by atoms with van der Waals surface area (Å²) in [5, 5.41) is 23.2. The Bertz CT molecular complexity index is 677. The summed E-state index contributed by atoms with van der Waals surface area (Å²) < 4.78 is 9.63. The Kier molecular flexibility index (Phi) is 9.44. The Balaban J connectivity index is 2.66. The van der Waals surface area contributed by atoms with Crippen LogP contribution in [0.4, 0.5) is 4.79 Å².